The molecular weight excluding hydrogens is 220 g/mol. The Balaban J connectivity index is 2.85. The van der Waals surface area contributed by atoms with E-state index in [1.165, 1.54) is 18.2 Å². The third-order valence-electron chi connectivity index (χ3n) is 3.28. The van der Waals surface area contributed by atoms with Crippen LogP contribution >= 0.6 is 0 Å². The summed E-state index contributed by atoms with van der Waals surface area (Å²) >= 11 is 0. The van der Waals surface area contributed by atoms with E-state index >= 15 is 0 Å². The lowest BCUT2D eigenvalue weighted by Crippen LogP contribution is -2.37. The van der Waals surface area contributed by atoms with Gasteiger partial charge in [0.25, 0.3) is 0 Å². The molecule has 1 aromatic carbocycles. The van der Waals surface area contributed by atoms with Crippen LogP contribution in [-0.2, 0) is 6.42 Å². The fourth-order valence-corrected chi connectivity index (χ4v) is 1.97. The molecule has 1 nitrogen and oxygen atoms in total. The number of likely N-dealkylation sites (N-methyl/N-ethyl adjacent to an activating group) is 1. The molecule has 0 aliphatic heterocycles. The quantitative estimate of drug-likeness (QED) is 0.803. The minimum atomic E-state index is -0.448. The molecule has 1 rings (SSSR count). The lowest BCUT2D eigenvalue weighted by Gasteiger charge is -2.24. The number of benzene rings is 1. The monoisotopic (exact) mass is 241 g/mol. The van der Waals surface area contributed by atoms with Crippen molar-refractivity contribution >= 4 is 0 Å². The summed E-state index contributed by atoms with van der Waals surface area (Å²) in [6, 6.07) is 4.16. The Kier molecular flexibility index (Phi) is 5.56. The average molecular weight is 241 g/mol. The van der Waals surface area contributed by atoms with Gasteiger partial charge in [-0.15, -0.1) is 0 Å². The van der Waals surface area contributed by atoms with E-state index in [2.05, 4.69) is 19.2 Å². The average Bonchev–Trinajstić information content (AvgIpc) is 2.31. The van der Waals surface area contributed by atoms with Gasteiger partial charge in [-0.1, -0.05) is 33.3 Å². The second-order valence-electron chi connectivity index (χ2n) is 4.45. The van der Waals surface area contributed by atoms with E-state index < -0.39 is 11.6 Å². The first-order chi connectivity index (χ1) is 8.10. The van der Waals surface area contributed by atoms with E-state index in [-0.39, 0.29) is 11.6 Å². The smallest absolute Gasteiger partial charge is 0.129 e. The van der Waals surface area contributed by atoms with Gasteiger partial charge < -0.3 is 5.32 Å². The third kappa shape index (κ3) is 3.77. The summed E-state index contributed by atoms with van der Waals surface area (Å²) in [5.41, 5.74) is 0.193. The molecule has 0 aliphatic rings. The Labute approximate surface area is 102 Å². The number of hydrogen-bond donors (Lipinski definition) is 1. The van der Waals surface area contributed by atoms with Gasteiger partial charge in [-0.25, -0.2) is 8.78 Å². The van der Waals surface area contributed by atoms with Crippen LogP contribution in [0.1, 0.15) is 32.8 Å². The molecule has 1 aromatic rings. The zero-order valence-corrected chi connectivity index (χ0v) is 10.8. The predicted octanol–water partition coefficient (Wildman–Crippen LogP) is 3.53. The zero-order chi connectivity index (χ0) is 12.8. The topological polar surface area (TPSA) is 12.0 Å². The highest BCUT2D eigenvalue weighted by Crippen LogP contribution is 2.18. The molecule has 2 unspecified atom stereocenters. The molecule has 2 atom stereocenters. The normalized spacial score (nSPS) is 14.6. The molecule has 3 heteroatoms. The molecule has 0 radical (unpaired) electrons. The summed E-state index contributed by atoms with van der Waals surface area (Å²) in [5, 5.41) is 3.30. The number of hydrogen-bond acceptors (Lipinski definition) is 1. The molecule has 0 aliphatic carbocycles. The molecule has 0 saturated carbocycles. The van der Waals surface area contributed by atoms with Crippen LogP contribution in [0.15, 0.2) is 18.2 Å². The number of halogens is 2. The highest BCUT2D eigenvalue weighted by molar-refractivity contribution is 5.20. The molecule has 17 heavy (non-hydrogen) atoms. The van der Waals surface area contributed by atoms with Gasteiger partial charge in [0.1, 0.15) is 11.6 Å². The Hall–Kier alpha value is -0.960. The molecule has 0 bridgehead atoms. The van der Waals surface area contributed by atoms with E-state index in [0.29, 0.717) is 12.3 Å². The van der Waals surface area contributed by atoms with E-state index in [4.69, 9.17) is 0 Å². The van der Waals surface area contributed by atoms with Crippen LogP contribution in [0.25, 0.3) is 0 Å². The molecule has 96 valence electrons. The Morgan fingerprint density at radius 2 is 1.76 bits per heavy atom. The Bertz CT molecular complexity index is 332. The maximum Gasteiger partial charge on any atom is 0.129 e. The summed E-state index contributed by atoms with van der Waals surface area (Å²) in [4.78, 5) is 0. The number of rotatable bonds is 6. The lowest BCUT2D eigenvalue weighted by molar-refractivity contribution is 0.362. The molecular formula is C14H21F2N. The Morgan fingerprint density at radius 1 is 1.18 bits per heavy atom. The minimum Gasteiger partial charge on any atom is -0.314 e. The van der Waals surface area contributed by atoms with Gasteiger partial charge in [0.15, 0.2) is 0 Å². The van der Waals surface area contributed by atoms with Gasteiger partial charge in [0, 0.05) is 11.6 Å². The Morgan fingerprint density at radius 3 is 2.24 bits per heavy atom. The van der Waals surface area contributed by atoms with Gasteiger partial charge in [0.05, 0.1) is 0 Å². The van der Waals surface area contributed by atoms with E-state index in [1.54, 1.807) is 0 Å². The van der Waals surface area contributed by atoms with Gasteiger partial charge in [-0.05, 0) is 31.0 Å². The van der Waals surface area contributed by atoms with Crippen molar-refractivity contribution in [3.05, 3.63) is 35.4 Å². The van der Waals surface area contributed by atoms with Crippen molar-refractivity contribution in [1.82, 2.24) is 5.32 Å². The SMILES string of the molecule is CCNC(Cc1c(F)cccc1F)C(C)CC. The van der Waals surface area contributed by atoms with Crippen LogP contribution in [0.5, 0.6) is 0 Å². The molecule has 1 N–H and O–H groups in total. The second kappa shape index (κ2) is 6.70. The largest absolute Gasteiger partial charge is 0.314 e. The first-order valence-corrected chi connectivity index (χ1v) is 6.26. The van der Waals surface area contributed by atoms with Crippen LogP contribution in [-0.4, -0.2) is 12.6 Å². The fourth-order valence-electron chi connectivity index (χ4n) is 1.97. The van der Waals surface area contributed by atoms with Crippen molar-refractivity contribution in [2.45, 2.75) is 39.7 Å². The molecule has 0 aromatic heterocycles. The molecule has 0 saturated heterocycles. The maximum absolute atomic E-state index is 13.6. The fraction of sp³-hybridized carbons (Fsp3) is 0.571. The number of nitrogens with one attached hydrogen (secondary N) is 1. The van der Waals surface area contributed by atoms with Crippen molar-refractivity contribution in [1.29, 1.82) is 0 Å². The zero-order valence-electron chi connectivity index (χ0n) is 10.8. The molecule has 0 amide bonds. The standard InChI is InChI=1S/C14H21F2N/c1-4-10(3)14(17-5-2)9-11-12(15)7-6-8-13(11)16/h6-8,10,14,17H,4-5,9H2,1-3H3. The lowest BCUT2D eigenvalue weighted by atomic mass is 9.92. The van der Waals surface area contributed by atoms with Gasteiger partial charge in [-0.2, -0.15) is 0 Å². The van der Waals surface area contributed by atoms with Crippen molar-refractivity contribution in [2.75, 3.05) is 6.54 Å². The predicted molar refractivity (Wildman–Crippen MR) is 67.0 cm³/mol. The van der Waals surface area contributed by atoms with Crippen LogP contribution in [0, 0.1) is 17.6 Å². The van der Waals surface area contributed by atoms with Crippen LogP contribution in [0.3, 0.4) is 0 Å². The highest BCUT2D eigenvalue weighted by Gasteiger charge is 2.19. The second-order valence-corrected chi connectivity index (χ2v) is 4.45. The summed E-state index contributed by atoms with van der Waals surface area (Å²) in [6.45, 7) is 7.01. The summed E-state index contributed by atoms with van der Waals surface area (Å²) in [5.74, 6) is -0.499. The van der Waals surface area contributed by atoms with Gasteiger partial charge in [0.2, 0.25) is 0 Å². The van der Waals surface area contributed by atoms with Gasteiger partial charge in [-0.3, -0.25) is 0 Å². The van der Waals surface area contributed by atoms with Crippen LogP contribution in [0.4, 0.5) is 8.78 Å². The highest BCUT2D eigenvalue weighted by atomic mass is 19.1. The van der Waals surface area contributed by atoms with Crippen molar-refractivity contribution < 1.29 is 8.78 Å². The molecule has 0 heterocycles. The summed E-state index contributed by atoms with van der Waals surface area (Å²) < 4.78 is 27.1. The van der Waals surface area contributed by atoms with Crippen LogP contribution < -0.4 is 5.32 Å². The molecule has 0 fully saturated rings. The minimum absolute atomic E-state index is 0.122. The first kappa shape index (κ1) is 14.1. The maximum atomic E-state index is 13.6. The van der Waals surface area contributed by atoms with Crippen molar-refractivity contribution in [2.24, 2.45) is 5.92 Å². The van der Waals surface area contributed by atoms with Gasteiger partial charge >= 0.3 is 0 Å². The third-order valence-corrected chi connectivity index (χ3v) is 3.28. The van der Waals surface area contributed by atoms with E-state index in [0.717, 1.165) is 13.0 Å². The molecule has 0 spiro atoms. The summed E-state index contributed by atoms with van der Waals surface area (Å²) in [6.07, 6.45) is 1.40. The van der Waals surface area contributed by atoms with Crippen molar-refractivity contribution in [3.8, 4) is 0 Å². The van der Waals surface area contributed by atoms with E-state index in [9.17, 15) is 8.78 Å². The van der Waals surface area contributed by atoms with Crippen LogP contribution in [0.2, 0.25) is 0 Å². The van der Waals surface area contributed by atoms with Crippen molar-refractivity contribution in [3.63, 3.8) is 0 Å². The van der Waals surface area contributed by atoms with E-state index in [1.807, 2.05) is 6.92 Å². The first-order valence-electron chi connectivity index (χ1n) is 6.26. The summed E-state index contributed by atoms with van der Waals surface area (Å²) in [7, 11) is 0.